The minimum atomic E-state index is -3.57. The number of sulfonamides is 1. The van der Waals surface area contributed by atoms with Crippen molar-refractivity contribution in [1.29, 1.82) is 0 Å². The van der Waals surface area contributed by atoms with E-state index >= 15 is 0 Å². The Morgan fingerprint density at radius 1 is 1.38 bits per heavy atom. The van der Waals surface area contributed by atoms with Crippen LogP contribution < -0.4 is 15.8 Å². The summed E-state index contributed by atoms with van der Waals surface area (Å²) in [5.41, 5.74) is 8.77. The maximum atomic E-state index is 12.7. The third-order valence-corrected chi connectivity index (χ3v) is 6.54. The second-order valence-electron chi connectivity index (χ2n) is 5.87. The van der Waals surface area contributed by atoms with Crippen molar-refractivity contribution in [1.82, 2.24) is 10.0 Å². The van der Waals surface area contributed by atoms with E-state index in [1.807, 2.05) is 32.0 Å². The molecule has 21 heavy (non-hydrogen) atoms. The molecule has 1 unspecified atom stereocenters. The van der Waals surface area contributed by atoms with Gasteiger partial charge in [0.05, 0.1) is 0 Å². The topological polar surface area (TPSA) is 96.6 Å². The molecule has 0 bridgehead atoms. The van der Waals surface area contributed by atoms with Gasteiger partial charge in [0, 0.05) is 6.54 Å². The second kappa shape index (κ2) is 4.71. The Bertz CT molecular complexity index is 706. The third kappa shape index (κ3) is 2.11. The van der Waals surface area contributed by atoms with Crippen LogP contribution in [0.2, 0.25) is 0 Å². The average molecular weight is 308 g/mol. The molecule has 1 spiro atoms. The number of aliphatic imine (C=N–C) groups is 1. The van der Waals surface area contributed by atoms with Gasteiger partial charge in [-0.3, -0.25) is 4.72 Å². The van der Waals surface area contributed by atoms with Crippen molar-refractivity contribution < 1.29 is 8.42 Å². The van der Waals surface area contributed by atoms with Crippen molar-refractivity contribution in [2.75, 3.05) is 13.1 Å². The fourth-order valence-electron chi connectivity index (χ4n) is 3.23. The first kappa shape index (κ1) is 14.3. The lowest BCUT2D eigenvalue weighted by Crippen LogP contribution is -2.58. The molecule has 4 N–H and O–H groups in total. The Hall–Kier alpha value is -1.60. The molecule has 114 valence electrons. The molecule has 0 radical (unpaired) electrons. The van der Waals surface area contributed by atoms with Gasteiger partial charge in [0.15, 0.2) is 0 Å². The highest BCUT2D eigenvalue weighted by atomic mass is 32.2. The quantitative estimate of drug-likeness (QED) is 0.696. The first-order chi connectivity index (χ1) is 9.86. The molecule has 1 aromatic rings. The minimum Gasteiger partial charge on any atom is -0.369 e. The maximum Gasteiger partial charge on any atom is 0.244 e. The maximum absolute atomic E-state index is 12.7. The number of hydrogen-bond donors (Lipinski definition) is 3. The number of guanidine groups is 1. The molecule has 2 atom stereocenters. The lowest BCUT2D eigenvalue weighted by molar-refractivity contribution is 0.451. The van der Waals surface area contributed by atoms with E-state index in [1.54, 1.807) is 0 Å². The molecular weight excluding hydrogens is 288 g/mol. The molecular formula is C14H20N4O2S. The van der Waals surface area contributed by atoms with Crippen LogP contribution in [-0.4, -0.2) is 32.2 Å². The highest BCUT2D eigenvalue weighted by Gasteiger charge is 2.55. The summed E-state index contributed by atoms with van der Waals surface area (Å²) in [4.78, 5) is 4.45. The Morgan fingerprint density at radius 2 is 2.14 bits per heavy atom. The van der Waals surface area contributed by atoms with Crippen LogP contribution in [0.5, 0.6) is 0 Å². The number of nitrogens with two attached hydrogens (primary N) is 1. The molecule has 0 aromatic heterocycles. The molecule has 0 amide bonds. The molecule has 0 aliphatic carbocycles. The predicted octanol–water partition coefficient (Wildman–Crippen LogP) is 0.324. The van der Waals surface area contributed by atoms with Crippen LogP contribution in [0.1, 0.15) is 29.2 Å². The average Bonchev–Trinajstić information content (AvgIpc) is 2.88. The third-order valence-electron chi connectivity index (χ3n) is 4.42. The molecule has 2 aliphatic heterocycles. The van der Waals surface area contributed by atoms with Gasteiger partial charge in [0.1, 0.15) is 10.8 Å². The summed E-state index contributed by atoms with van der Waals surface area (Å²) in [5.74, 6) is -0.0292. The van der Waals surface area contributed by atoms with Gasteiger partial charge >= 0.3 is 0 Å². The minimum absolute atomic E-state index is 0.0292. The summed E-state index contributed by atoms with van der Waals surface area (Å²) in [6, 6.07) is 5.55. The molecule has 3 rings (SSSR count). The highest BCUT2D eigenvalue weighted by molar-refractivity contribution is 7.91. The zero-order chi connectivity index (χ0) is 15.3. The first-order valence-corrected chi connectivity index (χ1v) is 8.47. The van der Waals surface area contributed by atoms with Crippen LogP contribution in [-0.2, 0) is 10.0 Å². The molecule has 2 heterocycles. The summed E-state index contributed by atoms with van der Waals surface area (Å²) in [7, 11) is -3.57. The summed E-state index contributed by atoms with van der Waals surface area (Å²) in [6.07, 6.45) is 0.525. The van der Waals surface area contributed by atoms with E-state index in [1.165, 1.54) is 0 Å². The van der Waals surface area contributed by atoms with Crippen LogP contribution in [0.25, 0.3) is 0 Å². The van der Waals surface area contributed by atoms with E-state index in [-0.39, 0.29) is 5.96 Å². The van der Waals surface area contributed by atoms with Crippen molar-refractivity contribution in [2.24, 2.45) is 10.7 Å². The molecule has 6 nitrogen and oxygen atoms in total. The number of benzene rings is 1. The Balaban J connectivity index is 2.22. The van der Waals surface area contributed by atoms with E-state index < -0.39 is 20.8 Å². The Morgan fingerprint density at radius 3 is 2.81 bits per heavy atom. The lowest BCUT2D eigenvalue weighted by atomic mass is 9.88. The second-order valence-corrected chi connectivity index (χ2v) is 7.90. The van der Waals surface area contributed by atoms with Crippen molar-refractivity contribution >= 4 is 16.0 Å². The molecule has 1 fully saturated rings. The van der Waals surface area contributed by atoms with E-state index in [9.17, 15) is 8.42 Å². The van der Waals surface area contributed by atoms with Gasteiger partial charge in [-0.1, -0.05) is 23.8 Å². The van der Waals surface area contributed by atoms with Gasteiger partial charge in [-0.2, -0.15) is 0 Å². The van der Waals surface area contributed by atoms with Gasteiger partial charge in [0.25, 0.3) is 0 Å². The molecule has 0 saturated carbocycles. The Kier molecular flexibility index (Phi) is 3.22. The largest absolute Gasteiger partial charge is 0.369 e. The molecule has 7 heteroatoms. The normalized spacial score (nSPS) is 31.0. The number of nitrogens with one attached hydrogen (secondary N) is 2. The van der Waals surface area contributed by atoms with Crippen LogP contribution in [0.3, 0.4) is 0 Å². The van der Waals surface area contributed by atoms with Crippen LogP contribution in [0, 0.1) is 13.8 Å². The fourth-order valence-corrected chi connectivity index (χ4v) is 4.90. The van der Waals surface area contributed by atoms with Gasteiger partial charge in [-0.25, -0.2) is 13.4 Å². The van der Waals surface area contributed by atoms with Crippen molar-refractivity contribution in [2.45, 2.75) is 31.1 Å². The molecule has 2 aliphatic rings. The Labute approximate surface area is 124 Å². The van der Waals surface area contributed by atoms with E-state index in [0.717, 1.165) is 16.7 Å². The summed E-state index contributed by atoms with van der Waals surface area (Å²) in [5, 5.41) is 3.16. The number of aryl methyl sites for hydroxylation is 2. The number of rotatable bonds is 1. The van der Waals surface area contributed by atoms with E-state index in [2.05, 4.69) is 15.0 Å². The lowest BCUT2D eigenvalue weighted by Gasteiger charge is -2.38. The zero-order valence-corrected chi connectivity index (χ0v) is 13.0. The number of hydrogen-bond acceptors (Lipinski definition) is 5. The summed E-state index contributed by atoms with van der Waals surface area (Å²) in [6.45, 7) is 5.02. The number of nitrogens with zero attached hydrogens (tertiary/aromatic N) is 1. The van der Waals surface area contributed by atoms with Gasteiger partial charge in [-0.15, -0.1) is 0 Å². The summed E-state index contributed by atoms with van der Waals surface area (Å²) >= 11 is 0. The predicted molar refractivity (Wildman–Crippen MR) is 82.6 cm³/mol. The van der Waals surface area contributed by atoms with Crippen molar-refractivity contribution in [3.8, 4) is 0 Å². The molecule has 1 aromatic carbocycles. The van der Waals surface area contributed by atoms with Gasteiger partial charge < -0.3 is 11.1 Å². The van der Waals surface area contributed by atoms with Crippen molar-refractivity contribution in [3.05, 3.63) is 34.9 Å². The standard InChI is InChI=1S/C14H20N4O2S/c1-9-3-4-10(2)11(7-9)12-14(5-6-16-8-14)21(19,20)18-13(15)17-12/h3-4,7,12,16H,5-6,8H2,1-2H3,(H3,15,17,18)/t12-,14?/m1/s1. The van der Waals surface area contributed by atoms with Crippen molar-refractivity contribution in [3.63, 3.8) is 0 Å². The smallest absolute Gasteiger partial charge is 0.244 e. The summed E-state index contributed by atoms with van der Waals surface area (Å²) < 4.78 is 26.8. The van der Waals surface area contributed by atoms with Crippen LogP contribution in [0.15, 0.2) is 23.2 Å². The van der Waals surface area contributed by atoms with E-state index in [4.69, 9.17) is 5.73 Å². The first-order valence-electron chi connectivity index (χ1n) is 6.99. The SMILES string of the molecule is Cc1ccc(C)c([C@H]2N=C(N)NS(=O)(=O)C23CCNC3)c1. The van der Waals surface area contributed by atoms with Gasteiger partial charge in [0.2, 0.25) is 16.0 Å². The van der Waals surface area contributed by atoms with Gasteiger partial charge in [-0.05, 0) is 37.9 Å². The van der Waals surface area contributed by atoms with Crippen LogP contribution >= 0.6 is 0 Å². The molecule has 1 saturated heterocycles. The highest BCUT2D eigenvalue weighted by Crippen LogP contribution is 2.43. The van der Waals surface area contributed by atoms with E-state index in [0.29, 0.717) is 19.5 Å². The monoisotopic (exact) mass is 308 g/mol. The fraction of sp³-hybridized carbons (Fsp3) is 0.500. The zero-order valence-electron chi connectivity index (χ0n) is 12.2. The van der Waals surface area contributed by atoms with Crippen LogP contribution in [0.4, 0.5) is 0 Å².